The summed E-state index contributed by atoms with van der Waals surface area (Å²) in [5.74, 6) is 0. The van der Waals surface area contributed by atoms with Crippen LogP contribution < -0.4 is 5.73 Å². The molecular formula is C14H21N. The fourth-order valence-electron chi connectivity index (χ4n) is 1.76. The zero-order chi connectivity index (χ0) is 11.1. The molecule has 0 bridgehead atoms. The van der Waals surface area contributed by atoms with Crippen LogP contribution >= 0.6 is 0 Å². The zero-order valence-corrected chi connectivity index (χ0v) is 9.58. The summed E-state index contributed by atoms with van der Waals surface area (Å²) in [6, 6.07) is 10.9. The highest BCUT2D eigenvalue weighted by Crippen LogP contribution is 2.09. The summed E-state index contributed by atoms with van der Waals surface area (Å²) in [6.07, 6.45) is 4.33. The Morgan fingerprint density at radius 1 is 1.33 bits per heavy atom. The largest absolute Gasteiger partial charge is 0.327 e. The first-order chi connectivity index (χ1) is 7.18. The van der Waals surface area contributed by atoms with E-state index in [1.807, 2.05) is 6.92 Å². The van der Waals surface area contributed by atoms with E-state index in [1.54, 1.807) is 0 Å². The predicted molar refractivity (Wildman–Crippen MR) is 66.8 cm³/mol. The Bertz CT molecular complexity index is 289. The van der Waals surface area contributed by atoms with Crippen molar-refractivity contribution >= 4 is 0 Å². The first kappa shape index (κ1) is 12.0. The van der Waals surface area contributed by atoms with Gasteiger partial charge in [-0.05, 0) is 38.2 Å². The van der Waals surface area contributed by atoms with Crippen molar-refractivity contribution in [3.05, 3.63) is 48.0 Å². The van der Waals surface area contributed by atoms with Crippen LogP contribution in [0.4, 0.5) is 0 Å². The van der Waals surface area contributed by atoms with Crippen LogP contribution in [0.5, 0.6) is 0 Å². The van der Waals surface area contributed by atoms with Crippen molar-refractivity contribution in [2.45, 2.75) is 38.6 Å². The molecule has 0 spiro atoms. The maximum absolute atomic E-state index is 5.98. The van der Waals surface area contributed by atoms with Gasteiger partial charge in [0.15, 0.2) is 0 Å². The van der Waals surface area contributed by atoms with E-state index in [0.29, 0.717) is 0 Å². The molecule has 0 fully saturated rings. The summed E-state index contributed by atoms with van der Waals surface area (Å²) in [5, 5.41) is 0. The minimum atomic E-state index is 0.284. The maximum atomic E-state index is 5.98. The topological polar surface area (TPSA) is 26.0 Å². The van der Waals surface area contributed by atoms with Crippen LogP contribution in [0.2, 0.25) is 0 Å². The fourth-order valence-corrected chi connectivity index (χ4v) is 1.76. The predicted octanol–water partition coefficient (Wildman–Crippen LogP) is 3.30. The number of aryl methyl sites for hydroxylation is 1. The first-order valence-electron chi connectivity index (χ1n) is 5.62. The molecule has 0 aliphatic carbocycles. The number of hydrogen-bond donors (Lipinski definition) is 1. The molecule has 0 saturated carbocycles. The van der Waals surface area contributed by atoms with Gasteiger partial charge in [-0.15, -0.1) is 6.58 Å². The summed E-state index contributed by atoms with van der Waals surface area (Å²) in [5.41, 5.74) is 8.56. The van der Waals surface area contributed by atoms with Crippen molar-refractivity contribution in [1.29, 1.82) is 0 Å². The molecule has 15 heavy (non-hydrogen) atoms. The third kappa shape index (κ3) is 5.38. The average molecular weight is 203 g/mol. The second kappa shape index (κ2) is 6.41. The average Bonchev–Trinajstić information content (AvgIpc) is 2.18. The third-order valence-corrected chi connectivity index (χ3v) is 2.49. The van der Waals surface area contributed by atoms with E-state index in [0.717, 1.165) is 19.3 Å². The highest BCUT2D eigenvalue weighted by Gasteiger charge is 2.02. The van der Waals surface area contributed by atoms with Gasteiger partial charge in [0.25, 0.3) is 0 Å². The Morgan fingerprint density at radius 2 is 2.00 bits per heavy atom. The second-order valence-corrected chi connectivity index (χ2v) is 4.30. The molecule has 0 aliphatic rings. The Labute approximate surface area is 93.0 Å². The van der Waals surface area contributed by atoms with Crippen LogP contribution in [0.15, 0.2) is 42.5 Å². The molecule has 1 nitrogen and oxygen atoms in total. The molecule has 1 heteroatoms. The van der Waals surface area contributed by atoms with Gasteiger partial charge >= 0.3 is 0 Å². The SMILES string of the molecule is C=C(C)CC(N)CCCc1ccccc1. The summed E-state index contributed by atoms with van der Waals surface area (Å²) in [6.45, 7) is 5.92. The van der Waals surface area contributed by atoms with Gasteiger partial charge in [0.1, 0.15) is 0 Å². The maximum Gasteiger partial charge on any atom is 0.00759 e. The van der Waals surface area contributed by atoms with Crippen molar-refractivity contribution in [2.24, 2.45) is 5.73 Å². The molecule has 0 heterocycles. The van der Waals surface area contributed by atoms with E-state index < -0.39 is 0 Å². The normalized spacial score (nSPS) is 12.4. The monoisotopic (exact) mass is 203 g/mol. The van der Waals surface area contributed by atoms with E-state index in [9.17, 15) is 0 Å². The van der Waals surface area contributed by atoms with E-state index >= 15 is 0 Å². The molecule has 82 valence electrons. The van der Waals surface area contributed by atoms with Crippen molar-refractivity contribution in [1.82, 2.24) is 0 Å². The summed E-state index contributed by atoms with van der Waals surface area (Å²) >= 11 is 0. The first-order valence-corrected chi connectivity index (χ1v) is 5.62. The number of benzene rings is 1. The smallest absolute Gasteiger partial charge is 0.00759 e. The van der Waals surface area contributed by atoms with Gasteiger partial charge < -0.3 is 5.73 Å². The van der Waals surface area contributed by atoms with Gasteiger partial charge in [0, 0.05) is 6.04 Å². The molecule has 0 aliphatic heterocycles. The number of rotatable bonds is 6. The lowest BCUT2D eigenvalue weighted by Crippen LogP contribution is -2.19. The van der Waals surface area contributed by atoms with Crippen LogP contribution in [-0.2, 0) is 6.42 Å². The van der Waals surface area contributed by atoms with E-state index in [-0.39, 0.29) is 6.04 Å². The van der Waals surface area contributed by atoms with Gasteiger partial charge in [-0.25, -0.2) is 0 Å². The quantitative estimate of drug-likeness (QED) is 0.705. The second-order valence-electron chi connectivity index (χ2n) is 4.30. The number of hydrogen-bond acceptors (Lipinski definition) is 1. The molecule has 1 rings (SSSR count). The molecule has 1 atom stereocenters. The van der Waals surface area contributed by atoms with Crippen LogP contribution in [0.3, 0.4) is 0 Å². The van der Waals surface area contributed by atoms with Crippen LogP contribution in [0.25, 0.3) is 0 Å². The van der Waals surface area contributed by atoms with Crippen LogP contribution in [0.1, 0.15) is 31.7 Å². The Morgan fingerprint density at radius 3 is 2.60 bits per heavy atom. The fraction of sp³-hybridized carbons (Fsp3) is 0.429. The molecule has 1 unspecified atom stereocenters. The highest BCUT2D eigenvalue weighted by atomic mass is 14.6. The van der Waals surface area contributed by atoms with Gasteiger partial charge in [-0.3, -0.25) is 0 Å². The molecular weight excluding hydrogens is 182 g/mol. The van der Waals surface area contributed by atoms with E-state index in [1.165, 1.54) is 17.6 Å². The zero-order valence-electron chi connectivity index (χ0n) is 9.58. The standard InChI is InChI=1S/C14H21N/c1-12(2)11-14(15)10-6-9-13-7-4-3-5-8-13/h3-5,7-8,14H,1,6,9-11,15H2,2H3. The minimum absolute atomic E-state index is 0.284. The highest BCUT2D eigenvalue weighted by molar-refractivity contribution is 5.14. The molecule has 0 amide bonds. The Hall–Kier alpha value is -1.08. The van der Waals surface area contributed by atoms with Crippen molar-refractivity contribution in [3.8, 4) is 0 Å². The van der Waals surface area contributed by atoms with Gasteiger partial charge in [0.05, 0.1) is 0 Å². The summed E-state index contributed by atoms with van der Waals surface area (Å²) in [4.78, 5) is 0. The lowest BCUT2D eigenvalue weighted by atomic mass is 10.0. The molecule has 0 saturated heterocycles. The van der Waals surface area contributed by atoms with Gasteiger partial charge in [-0.1, -0.05) is 35.9 Å². The molecule has 0 radical (unpaired) electrons. The van der Waals surface area contributed by atoms with E-state index in [4.69, 9.17) is 5.73 Å². The van der Waals surface area contributed by atoms with Gasteiger partial charge in [-0.2, -0.15) is 0 Å². The van der Waals surface area contributed by atoms with Crippen LogP contribution in [0, 0.1) is 0 Å². The summed E-state index contributed by atoms with van der Waals surface area (Å²) < 4.78 is 0. The van der Waals surface area contributed by atoms with Crippen LogP contribution in [-0.4, -0.2) is 6.04 Å². The Kier molecular flexibility index (Phi) is 5.13. The Balaban J connectivity index is 2.19. The third-order valence-electron chi connectivity index (χ3n) is 2.49. The van der Waals surface area contributed by atoms with Crippen molar-refractivity contribution < 1.29 is 0 Å². The minimum Gasteiger partial charge on any atom is -0.327 e. The van der Waals surface area contributed by atoms with Crippen molar-refractivity contribution in [3.63, 3.8) is 0 Å². The molecule has 2 N–H and O–H groups in total. The van der Waals surface area contributed by atoms with Crippen molar-refractivity contribution in [2.75, 3.05) is 0 Å². The van der Waals surface area contributed by atoms with Gasteiger partial charge in [0.2, 0.25) is 0 Å². The molecule has 1 aromatic carbocycles. The molecule has 1 aromatic rings. The molecule has 0 aromatic heterocycles. The number of nitrogens with two attached hydrogens (primary N) is 1. The van der Waals surface area contributed by atoms with E-state index in [2.05, 4.69) is 36.9 Å². The lowest BCUT2D eigenvalue weighted by molar-refractivity contribution is 0.578. The lowest BCUT2D eigenvalue weighted by Gasteiger charge is -2.10. The summed E-state index contributed by atoms with van der Waals surface area (Å²) in [7, 11) is 0.